The van der Waals surface area contributed by atoms with E-state index in [0.29, 0.717) is 5.82 Å². The minimum atomic E-state index is 0.652. The summed E-state index contributed by atoms with van der Waals surface area (Å²) in [6, 6.07) is 0. The zero-order valence-corrected chi connectivity index (χ0v) is 7.79. The second kappa shape index (κ2) is 3.68. The van der Waals surface area contributed by atoms with Gasteiger partial charge in [0.1, 0.15) is 5.82 Å². The molecule has 1 aliphatic rings. The molecule has 0 aliphatic carbocycles. The first-order chi connectivity index (χ1) is 6.36. The Morgan fingerprint density at radius 1 is 1.23 bits per heavy atom. The molecule has 0 aromatic carbocycles. The number of imidazole rings is 1. The van der Waals surface area contributed by atoms with Crippen molar-refractivity contribution in [1.82, 2.24) is 9.97 Å². The number of nitrogens with zero attached hydrogens (tertiary/aromatic N) is 2. The average Bonchev–Trinajstić information content (AvgIpc) is 2.43. The number of anilines is 2. The van der Waals surface area contributed by atoms with Gasteiger partial charge >= 0.3 is 0 Å². The summed E-state index contributed by atoms with van der Waals surface area (Å²) >= 11 is 0. The van der Waals surface area contributed by atoms with Gasteiger partial charge in [0, 0.05) is 13.1 Å². The molecule has 4 nitrogen and oxygen atoms in total. The number of aromatic amines is 1. The van der Waals surface area contributed by atoms with Crippen LogP contribution in [-0.2, 0) is 0 Å². The van der Waals surface area contributed by atoms with Crippen molar-refractivity contribution in [2.24, 2.45) is 0 Å². The van der Waals surface area contributed by atoms with Gasteiger partial charge in [-0.15, -0.1) is 0 Å². The molecule has 1 aliphatic heterocycles. The number of H-pyrrole nitrogens is 1. The van der Waals surface area contributed by atoms with Crippen LogP contribution < -0.4 is 10.6 Å². The van der Waals surface area contributed by atoms with E-state index in [-0.39, 0.29) is 0 Å². The molecule has 2 heterocycles. The fraction of sp³-hybridized carbons (Fsp3) is 0.667. The molecule has 2 rings (SSSR count). The summed E-state index contributed by atoms with van der Waals surface area (Å²) in [6.07, 6.45) is 6.89. The molecule has 1 aromatic rings. The van der Waals surface area contributed by atoms with Crippen LogP contribution in [0.5, 0.6) is 0 Å². The average molecular weight is 180 g/mol. The Balaban J connectivity index is 2.06. The van der Waals surface area contributed by atoms with Crippen molar-refractivity contribution in [2.45, 2.75) is 25.7 Å². The van der Waals surface area contributed by atoms with Crippen LogP contribution in [0.15, 0.2) is 6.20 Å². The summed E-state index contributed by atoms with van der Waals surface area (Å²) in [5.74, 6) is 1.58. The first-order valence-electron chi connectivity index (χ1n) is 4.92. The summed E-state index contributed by atoms with van der Waals surface area (Å²) in [6.45, 7) is 2.21. The van der Waals surface area contributed by atoms with Crippen LogP contribution in [0.3, 0.4) is 0 Å². The SMILES string of the molecule is Nc1cnc(N2CCCCCC2)[nH]1. The predicted octanol–water partition coefficient (Wildman–Crippen LogP) is 1.37. The smallest absolute Gasteiger partial charge is 0.204 e. The molecule has 0 atom stereocenters. The number of hydrogen-bond donors (Lipinski definition) is 2. The first kappa shape index (κ1) is 8.41. The van der Waals surface area contributed by atoms with Crippen LogP contribution in [-0.4, -0.2) is 23.1 Å². The molecule has 0 spiro atoms. The van der Waals surface area contributed by atoms with E-state index in [4.69, 9.17) is 5.73 Å². The zero-order chi connectivity index (χ0) is 9.10. The van der Waals surface area contributed by atoms with Crippen LogP contribution >= 0.6 is 0 Å². The van der Waals surface area contributed by atoms with E-state index in [0.717, 1.165) is 19.0 Å². The molecule has 72 valence electrons. The highest BCUT2D eigenvalue weighted by molar-refractivity contribution is 5.39. The van der Waals surface area contributed by atoms with Crippen molar-refractivity contribution in [1.29, 1.82) is 0 Å². The quantitative estimate of drug-likeness (QED) is 0.686. The Hall–Kier alpha value is -1.19. The van der Waals surface area contributed by atoms with Gasteiger partial charge in [0.25, 0.3) is 0 Å². The molecule has 0 bridgehead atoms. The van der Waals surface area contributed by atoms with Crippen molar-refractivity contribution in [3.05, 3.63) is 6.20 Å². The molecule has 13 heavy (non-hydrogen) atoms. The molecule has 3 N–H and O–H groups in total. The zero-order valence-electron chi connectivity index (χ0n) is 7.79. The Bertz CT molecular complexity index is 260. The van der Waals surface area contributed by atoms with Crippen molar-refractivity contribution < 1.29 is 0 Å². The second-order valence-corrected chi connectivity index (χ2v) is 3.56. The Labute approximate surface area is 78.1 Å². The molecule has 0 saturated carbocycles. The summed E-state index contributed by atoms with van der Waals surface area (Å²) < 4.78 is 0. The van der Waals surface area contributed by atoms with Crippen molar-refractivity contribution in [3.8, 4) is 0 Å². The highest BCUT2D eigenvalue weighted by Crippen LogP contribution is 2.16. The predicted molar refractivity (Wildman–Crippen MR) is 53.7 cm³/mol. The van der Waals surface area contributed by atoms with Crippen LogP contribution in [0.25, 0.3) is 0 Å². The maximum absolute atomic E-state index is 5.58. The molecule has 4 heteroatoms. The monoisotopic (exact) mass is 180 g/mol. The lowest BCUT2D eigenvalue weighted by Crippen LogP contribution is -2.24. The van der Waals surface area contributed by atoms with Crippen LogP contribution in [0.1, 0.15) is 25.7 Å². The number of rotatable bonds is 1. The molecule has 0 amide bonds. The number of nitrogens with two attached hydrogens (primary N) is 1. The number of hydrogen-bond acceptors (Lipinski definition) is 3. The third-order valence-corrected chi connectivity index (χ3v) is 2.49. The summed E-state index contributed by atoms with van der Waals surface area (Å²) in [5.41, 5.74) is 5.58. The van der Waals surface area contributed by atoms with Gasteiger partial charge in [0.05, 0.1) is 6.20 Å². The van der Waals surface area contributed by atoms with Gasteiger partial charge in [0.15, 0.2) is 0 Å². The van der Waals surface area contributed by atoms with Crippen LogP contribution in [0.2, 0.25) is 0 Å². The molecule has 1 saturated heterocycles. The minimum absolute atomic E-state index is 0.652. The number of nitrogens with one attached hydrogen (secondary N) is 1. The minimum Gasteiger partial charge on any atom is -0.384 e. The number of aromatic nitrogens is 2. The molecule has 0 unspecified atom stereocenters. The molecular formula is C9H16N4. The highest BCUT2D eigenvalue weighted by atomic mass is 15.3. The lowest BCUT2D eigenvalue weighted by Gasteiger charge is -2.18. The second-order valence-electron chi connectivity index (χ2n) is 3.56. The van der Waals surface area contributed by atoms with Crippen LogP contribution in [0, 0.1) is 0 Å². The summed E-state index contributed by atoms with van der Waals surface area (Å²) in [7, 11) is 0. The van der Waals surface area contributed by atoms with E-state index in [1.165, 1.54) is 25.7 Å². The van der Waals surface area contributed by atoms with Gasteiger partial charge in [-0.25, -0.2) is 4.98 Å². The Morgan fingerprint density at radius 2 is 1.92 bits per heavy atom. The van der Waals surface area contributed by atoms with Gasteiger partial charge in [-0.05, 0) is 12.8 Å². The van der Waals surface area contributed by atoms with Crippen LogP contribution in [0.4, 0.5) is 11.8 Å². The van der Waals surface area contributed by atoms with Gasteiger partial charge in [0.2, 0.25) is 5.95 Å². The molecule has 1 aromatic heterocycles. The molecular weight excluding hydrogens is 164 g/mol. The largest absolute Gasteiger partial charge is 0.384 e. The van der Waals surface area contributed by atoms with E-state index < -0.39 is 0 Å². The van der Waals surface area contributed by atoms with E-state index in [1.54, 1.807) is 6.20 Å². The van der Waals surface area contributed by atoms with Gasteiger partial charge in [-0.1, -0.05) is 12.8 Å². The fourth-order valence-electron chi connectivity index (χ4n) is 1.77. The van der Waals surface area contributed by atoms with E-state index in [1.807, 2.05) is 0 Å². The lowest BCUT2D eigenvalue weighted by molar-refractivity contribution is 0.726. The standard InChI is InChI=1S/C9H16N4/c10-8-7-11-9(12-8)13-5-3-1-2-4-6-13/h7H,1-6,10H2,(H,11,12). The third-order valence-electron chi connectivity index (χ3n) is 2.49. The maximum Gasteiger partial charge on any atom is 0.204 e. The molecule has 0 radical (unpaired) electrons. The van der Waals surface area contributed by atoms with E-state index in [9.17, 15) is 0 Å². The first-order valence-corrected chi connectivity index (χ1v) is 4.92. The normalized spacial score (nSPS) is 18.6. The van der Waals surface area contributed by atoms with E-state index >= 15 is 0 Å². The molecule has 1 fully saturated rings. The summed E-state index contributed by atoms with van der Waals surface area (Å²) in [5, 5.41) is 0. The topological polar surface area (TPSA) is 57.9 Å². The van der Waals surface area contributed by atoms with E-state index in [2.05, 4.69) is 14.9 Å². The number of nitrogen functional groups attached to an aromatic ring is 1. The van der Waals surface area contributed by atoms with Crippen molar-refractivity contribution in [2.75, 3.05) is 23.7 Å². The summed E-state index contributed by atoms with van der Waals surface area (Å²) in [4.78, 5) is 9.57. The third kappa shape index (κ3) is 1.94. The van der Waals surface area contributed by atoms with Gasteiger partial charge < -0.3 is 15.6 Å². The fourth-order valence-corrected chi connectivity index (χ4v) is 1.77. The van der Waals surface area contributed by atoms with Crippen molar-refractivity contribution >= 4 is 11.8 Å². The highest BCUT2D eigenvalue weighted by Gasteiger charge is 2.11. The van der Waals surface area contributed by atoms with Gasteiger partial charge in [-0.3, -0.25) is 0 Å². The Morgan fingerprint density at radius 3 is 2.46 bits per heavy atom. The van der Waals surface area contributed by atoms with Crippen molar-refractivity contribution in [3.63, 3.8) is 0 Å². The maximum atomic E-state index is 5.58. The van der Waals surface area contributed by atoms with Gasteiger partial charge in [-0.2, -0.15) is 0 Å². The Kier molecular flexibility index (Phi) is 2.38. The lowest BCUT2D eigenvalue weighted by atomic mass is 10.2.